The van der Waals surface area contributed by atoms with E-state index in [1.165, 1.54) is 38.5 Å². The predicted octanol–water partition coefficient (Wildman–Crippen LogP) is 5.10. The Balaban J connectivity index is 1.84. The molecule has 0 N–H and O–H groups in total. The summed E-state index contributed by atoms with van der Waals surface area (Å²) in [5, 5.41) is 0. The zero-order valence-electron chi connectivity index (χ0n) is 10.2. The molecule has 1 aromatic carbocycles. The summed E-state index contributed by atoms with van der Waals surface area (Å²) in [6, 6.07) is 7.11. The SMILES string of the molecule is Fc1ccccc1CC(Br)CC1CCCCC1. The molecule has 17 heavy (non-hydrogen) atoms. The van der Waals surface area contributed by atoms with E-state index in [0.717, 1.165) is 17.9 Å². The van der Waals surface area contributed by atoms with Gasteiger partial charge in [0.05, 0.1) is 0 Å². The Kier molecular flexibility index (Phi) is 5.02. The molecule has 1 fully saturated rings. The first kappa shape index (κ1) is 13.1. The second kappa shape index (κ2) is 6.53. The van der Waals surface area contributed by atoms with Gasteiger partial charge in [0, 0.05) is 4.83 Å². The highest BCUT2D eigenvalue weighted by atomic mass is 79.9. The first-order valence-corrected chi connectivity index (χ1v) is 7.55. The van der Waals surface area contributed by atoms with Crippen molar-refractivity contribution in [1.82, 2.24) is 0 Å². The Labute approximate surface area is 112 Å². The van der Waals surface area contributed by atoms with Crippen LogP contribution in [0.15, 0.2) is 24.3 Å². The van der Waals surface area contributed by atoms with E-state index < -0.39 is 0 Å². The van der Waals surface area contributed by atoms with E-state index in [2.05, 4.69) is 15.9 Å². The molecule has 0 aromatic heterocycles. The van der Waals surface area contributed by atoms with Crippen LogP contribution in [0.5, 0.6) is 0 Å². The van der Waals surface area contributed by atoms with Crippen LogP contribution in [0.25, 0.3) is 0 Å². The Bertz CT molecular complexity index is 345. The maximum Gasteiger partial charge on any atom is 0.126 e. The lowest BCUT2D eigenvalue weighted by molar-refractivity contribution is 0.336. The van der Waals surface area contributed by atoms with Crippen molar-refractivity contribution in [3.63, 3.8) is 0 Å². The fourth-order valence-electron chi connectivity index (χ4n) is 2.77. The molecule has 2 heteroatoms. The van der Waals surface area contributed by atoms with Crippen LogP contribution in [0.3, 0.4) is 0 Å². The van der Waals surface area contributed by atoms with Gasteiger partial charge in [0.25, 0.3) is 0 Å². The van der Waals surface area contributed by atoms with Crippen LogP contribution in [-0.4, -0.2) is 4.83 Å². The molecule has 0 saturated heterocycles. The van der Waals surface area contributed by atoms with Crippen molar-refractivity contribution in [3.05, 3.63) is 35.6 Å². The molecule has 94 valence electrons. The molecule has 1 unspecified atom stereocenters. The molecule has 1 aliphatic carbocycles. The van der Waals surface area contributed by atoms with Gasteiger partial charge >= 0.3 is 0 Å². The van der Waals surface area contributed by atoms with Crippen molar-refractivity contribution >= 4 is 15.9 Å². The van der Waals surface area contributed by atoms with E-state index in [-0.39, 0.29) is 5.82 Å². The number of alkyl halides is 1. The summed E-state index contributed by atoms with van der Waals surface area (Å²) in [6.45, 7) is 0. The predicted molar refractivity (Wildman–Crippen MR) is 74.0 cm³/mol. The molecule has 0 heterocycles. The first-order chi connectivity index (χ1) is 8.25. The maximum absolute atomic E-state index is 13.5. The molecular formula is C15H20BrF. The third kappa shape index (κ3) is 4.09. The van der Waals surface area contributed by atoms with E-state index in [0.29, 0.717) is 4.83 Å². The van der Waals surface area contributed by atoms with Gasteiger partial charge in [-0.05, 0) is 30.4 Å². The minimum Gasteiger partial charge on any atom is -0.207 e. The molecule has 0 radical (unpaired) electrons. The topological polar surface area (TPSA) is 0 Å². The molecule has 2 rings (SSSR count). The zero-order chi connectivity index (χ0) is 12.1. The molecule has 1 saturated carbocycles. The quantitative estimate of drug-likeness (QED) is 0.678. The van der Waals surface area contributed by atoms with Gasteiger partial charge in [-0.25, -0.2) is 4.39 Å². The average Bonchev–Trinajstić information content (AvgIpc) is 2.33. The summed E-state index contributed by atoms with van der Waals surface area (Å²) in [6.07, 6.45) is 8.88. The lowest BCUT2D eigenvalue weighted by Gasteiger charge is -2.23. The van der Waals surface area contributed by atoms with Gasteiger partial charge in [-0.1, -0.05) is 66.2 Å². The summed E-state index contributed by atoms with van der Waals surface area (Å²) in [4.78, 5) is 0.419. The van der Waals surface area contributed by atoms with E-state index >= 15 is 0 Å². The smallest absolute Gasteiger partial charge is 0.126 e. The number of halogens is 2. The molecule has 0 bridgehead atoms. The van der Waals surface area contributed by atoms with Crippen LogP contribution in [-0.2, 0) is 6.42 Å². The van der Waals surface area contributed by atoms with Crippen molar-refractivity contribution in [2.45, 2.75) is 49.8 Å². The summed E-state index contributed by atoms with van der Waals surface area (Å²) in [5.74, 6) is 0.778. The van der Waals surface area contributed by atoms with Gasteiger partial charge in [-0.15, -0.1) is 0 Å². The van der Waals surface area contributed by atoms with Gasteiger partial charge in [0.1, 0.15) is 5.82 Å². The highest BCUT2D eigenvalue weighted by Gasteiger charge is 2.18. The first-order valence-electron chi connectivity index (χ1n) is 6.63. The number of hydrogen-bond acceptors (Lipinski definition) is 0. The van der Waals surface area contributed by atoms with Gasteiger partial charge in [0.2, 0.25) is 0 Å². The van der Waals surface area contributed by atoms with Gasteiger partial charge in [0.15, 0.2) is 0 Å². The zero-order valence-corrected chi connectivity index (χ0v) is 11.8. The van der Waals surface area contributed by atoms with Crippen LogP contribution in [0.4, 0.5) is 4.39 Å². The molecule has 0 aliphatic heterocycles. The largest absolute Gasteiger partial charge is 0.207 e. The van der Waals surface area contributed by atoms with Crippen molar-refractivity contribution in [2.75, 3.05) is 0 Å². The van der Waals surface area contributed by atoms with Crippen molar-refractivity contribution < 1.29 is 4.39 Å². The van der Waals surface area contributed by atoms with Crippen LogP contribution < -0.4 is 0 Å². The van der Waals surface area contributed by atoms with E-state index in [4.69, 9.17) is 0 Å². The second-order valence-electron chi connectivity index (χ2n) is 5.13. The average molecular weight is 299 g/mol. The Morgan fingerprint density at radius 3 is 2.59 bits per heavy atom. The third-order valence-corrected chi connectivity index (χ3v) is 4.41. The number of benzene rings is 1. The van der Waals surface area contributed by atoms with Gasteiger partial charge in [-0.2, -0.15) is 0 Å². The van der Waals surface area contributed by atoms with Crippen LogP contribution in [0, 0.1) is 11.7 Å². The highest BCUT2D eigenvalue weighted by Crippen LogP contribution is 2.30. The second-order valence-corrected chi connectivity index (χ2v) is 6.43. The fraction of sp³-hybridized carbons (Fsp3) is 0.600. The van der Waals surface area contributed by atoms with Crippen LogP contribution >= 0.6 is 15.9 Å². The van der Waals surface area contributed by atoms with Crippen molar-refractivity contribution in [2.24, 2.45) is 5.92 Å². The van der Waals surface area contributed by atoms with Crippen LogP contribution in [0.1, 0.15) is 44.1 Å². The summed E-state index contributed by atoms with van der Waals surface area (Å²) < 4.78 is 13.5. The monoisotopic (exact) mass is 298 g/mol. The Hall–Kier alpha value is -0.370. The lowest BCUT2D eigenvalue weighted by Crippen LogP contribution is -2.14. The fourth-order valence-corrected chi connectivity index (χ4v) is 3.65. The minimum absolute atomic E-state index is 0.0689. The van der Waals surface area contributed by atoms with Crippen molar-refractivity contribution in [1.29, 1.82) is 0 Å². The minimum atomic E-state index is -0.0689. The van der Waals surface area contributed by atoms with Crippen LogP contribution in [0.2, 0.25) is 0 Å². The third-order valence-electron chi connectivity index (χ3n) is 3.71. The Morgan fingerprint density at radius 2 is 1.88 bits per heavy atom. The molecule has 1 aromatic rings. The highest BCUT2D eigenvalue weighted by molar-refractivity contribution is 9.09. The van der Waals surface area contributed by atoms with Gasteiger partial charge < -0.3 is 0 Å². The molecule has 0 nitrogen and oxygen atoms in total. The standard InChI is InChI=1S/C15H20BrF/c16-14(10-12-6-2-1-3-7-12)11-13-8-4-5-9-15(13)17/h4-5,8-9,12,14H,1-3,6-7,10-11H2. The van der Waals surface area contributed by atoms with Gasteiger partial charge in [-0.3, -0.25) is 0 Å². The maximum atomic E-state index is 13.5. The Morgan fingerprint density at radius 1 is 1.18 bits per heavy atom. The van der Waals surface area contributed by atoms with E-state index in [1.807, 2.05) is 12.1 Å². The number of rotatable bonds is 4. The molecular weight excluding hydrogens is 279 g/mol. The van der Waals surface area contributed by atoms with Crippen molar-refractivity contribution in [3.8, 4) is 0 Å². The molecule has 1 atom stereocenters. The lowest BCUT2D eigenvalue weighted by atomic mass is 9.85. The number of hydrogen-bond donors (Lipinski definition) is 0. The summed E-state index contributed by atoms with van der Waals surface area (Å²) in [5.41, 5.74) is 0.838. The molecule has 0 spiro atoms. The molecule has 1 aliphatic rings. The molecule has 0 amide bonds. The van der Waals surface area contributed by atoms with E-state index in [9.17, 15) is 4.39 Å². The van der Waals surface area contributed by atoms with E-state index in [1.54, 1.807) is 12.1 Å². The summed E-state index contributed by atoms with van der Waals surface area (Å²) >= 11 is 3.72. The normalized spacial score (nSPS) is 19.2. The summed E-state index contributed by atoms with van der Waals surface area (Å²) in [7, 11) is 0.